The van der Waals surface area contributed by atoms with Crippen LogP contribution in [0.4, 0.5) is 13.2 Å². The molecule has 0 aliphatic rings. The standard InChI is InChI=1S/C11H20BrF3O/c1-2-6-10(12)7-4-3-5-8-16-9-11(13,14)15/h10H,2-9H2,1H3. The van der Waals surface area contributed by atoms with E-state index in [1.54, 1.807) is 0 Å². The van der Waals surface area contributed by atoms with Crippen LogP contribution in [0.1, 0.15) is 45.4 Å². The van der Waals surface area contributed by atoms with Gasteiger partial charge in [0.1, 0.15) is 6.61 Å². The lowest BCUT2D eigenvalue weighted by Gasteiger charge is -2.09. The number of halogens is 4. The van der Waals surface area contributed by atoms with Crippen LogP contribution < -0.4 is 0 Å². The monoisotopic (exact) mass is 304 g/mol. The molecule has 0 bridgehead atoms. The molecule has 0 aliphatic heterocycles. The largest absolute Gasteiger partial charge is 0.411 e. The van der Waals surface area contributed by atoms with E-state index in [1.807, 2.05) is 0 Å². The van der Waals surface area contributed by atoms with Crippen LogP contribution in [-0.2, 0) is 4.74 Å². The normalized spacial score (nSPS) is 14.1. The predicted molar refractivity (Wildman–Crippen MR) is 63.0 cm³/mol. The van der Waals surface area contributed by atoms with Gasteiger partial charge in [-0.05, 0) is 19.3 Å². The summed E-state index contributed by atoms with van der Waals surface area (Å²) in [5.41, 5.74) is 0. The first-order valence-corrected chi connectivity index (χ1v) is 6.66. The lowest BCUT2D eigenvalue weighted by atomic mass is 10.1. The summed E-state index contributed by atoms with van der Waals surface area (Å²) in [6.45, 7) is 1.23. The zero-order valence-corrected chi connectivity index (χ0v) is 11.2. The van der Waals surface area contributed by atoms with Crippen LogP contribution in [0.2, 0.25) is 0 Å². The van der Waals surface area contributed by atoms with Crippen LogP contribution in [0.3, 0.4) is 0 Å². The van der Waals surface area contributed by atoms with Crippen LogP contribution in [0.25, 0.3) is 0 Å². The smallest absolute Gasteiger partial charge is 0.372 e. The molecule has 0 aliphatic carbocycles. The van der Waals surface area contributed by atoms with E-state index in [2.05, 4.69) is 27.6 Å². The van der Waals surface area contributed by atoms with Gasteiger partial charge in [0.2, 0.25) is 0 Å². The van der Waals surface area contributed by atoms with Gasteiger partial charge in [-0.3, -0.25) is 0 Å². The van der Waals surface area contributed by atoms with Crippen molar-refractivity contribution in [2.24, 2.45) is 0 Å². The van der Waals surface area contributed by atoms with E-state index in [0.717, 1.165) is 32.1 Å². The average Bonchev–Trinajstić information content (AvgIpc) is 2.15. The van der Waals surface area contributed by atoms with Crippen molar-refractivity contribution in [2.45, 2.75) is 56.5 Å². The van der Waals surface area contributed by atoms with Crippen molar-refractivity contribution in [3.05, 3.63) is 0 Å². The van der Waals surface area contributed by atoms with Gasteiger partial charge in [0.05, 0.1) is 0 Å². The van der Waals surface area contributed by atoms with Crippen LogP contribution in [0, 0.1) is 0 Å². The molecule has 0 spiro atoms. The Balaban J connectivity index is 3.16. The van der Waals surface area contributed by atoms with Gasteiger partial charge in [-0.25, -0.2) is 0 Å². The summed E-state index contributed by atoms with van der Waals surface area (Å²) < 4.78 is 39.6. The summed E-state index contributed by atoms with van der Waals surface area (Å²) in [5.74, 6) is 0. The minimum Gasteiger partial charge on any atom is -0.372 e. The number of ether oxygens (including phenoxy) is 1. The first kappa shape index (κ1) is 16.2. The molecule has 0 aromatic heterocycles. The van der Waals surface area contributed by atoms with Gasteiger partial charge in [0.15, 0.2) is 0 Å². The minimum absolute atomic E-state index is 0.209. The fourth-order valence-corrected chi connectivity index (χ4v) is 2.17. The van der Waals surface area contributed by atoms with E-state index in [0.29, 0.717) is 11.2 Å². The Morgan fingerprint density at radius 1 is 1.12 bits per heavy atom. The topological polar surface area (TPSA) is 9.23 Å². The quantitative estimate of drug-likeness (QED) is 0.443. The van der Waals surface area contributed by atoms with E-state index < -0.39 is 12.8 Å². The highest BCUT2D eigenvalue weighted by Gasteiger charge is 2.27. The summed E-state index contributed by atoms with van der Waals surface area (Å²) >= 11 is 3.57. The molecular formula is C11H20BrF3O. The van der Waals surface area contributed by atoms with Gasteiger partial charge in [-0.2, -0.15) is 13.2 Å². The molecule has 0 rings (SSSR count). The average molecular weight is 305 g/mol. The summed E-state index contributed by atoms with van der Waals surface area (Å²) in [6, 6.07) is 0. The zero-order valence-electron chi connectivity index (χ0n) is 9.65. The van der Waals surface area contributed by atoms with Crippen molar-refractivity contribution < 1.29 is 17.9 Å². The van der Waals surface area contributed by atoms with Gasteiger partial charge >= 0.3 is 6.18 Å². The third-order valence-corrected chi connectivity index (χ3v) is 3.09. The van der Waals surface area contributed by atoms with Crippen molar-refractivity contribution in [3.63, 3.8) is 0 Å². The highest BCUT2D eigenvalue weighted by Crippen LogP contribution is 2.17. The van der Waals surface area contributed by atoms with Crippen LogP contribution in [0.5, 0.6) is 0 Å². The van der Waals surface area contributed by atoms with Crippen molar-refractivity contribution in [2.75, 3.05) is 13.2 Å². The second-order valence-corrected chi connectivity index (χ2v) is 5.20. The molecule has 0 saturated heterocycles. The summed E-state index contributed by atoms with van der Waals surface area (Å²) in [7, 11) is 0. The summed E-state index contributed by atoms with van der Waals surface area (Å²) in [5, 5.41) is 0. The molecule has 16 heavy (non-hydrogen) atoms. The molecule has 0 fully saturated rings. The van der Waals surface area contributed by atoms with Gasteiger partial charge in [0, 0.05) is 11.4 Å². The van der Waals surface area contributed by atoms with Crippen LogP contribution in [0.15, 0.2) is 0 Å². The van der Waals surface area contributed by atoms with E-state index in [1.165, 1.54) is 0 Å². The molecule has 1 atom stereocenters. The van der Waals surface area contributed by atoms with Crippen molar-refractivity contribution in [1.29, 1.82) is 0 Å². The SMILES string of the molecule is CCCC(Br)CCCCCOCC(F)(F)F. The van der Waals surface area contributed by atoms with E-state index in [9.17, 15) is 13.2 Å². The Bertz CT molecular complexity index is 162. The van der Waals surface area contributed by atoms with E-state index in [4.69, 9.17) is 0 Å². The molecule has 0 heterocycles. The molecule has 0 N–H and O–H groups in total. The molecule has 98 valence electrons. The number of hydrogen-bond donors (Lipinski definition) is 0. The van der Waals surface area contributed by atoms with Gasteiger partial charge in [-0.15, -0.1) is 0 Å². The van der Waals surface area contributed by atoms with Crippen molar-refractivity contribution in [1.82, 2.24) is 0 Å². The molecule has 0 radical (unpaired) electrons. The van der Waals surface area contributed by atoms with Crippen LogP contribution in [-0.4, -0.2) is 24.2 Å². The first-order valence-electron chi connectivity index (χ1n) is 5.74. The van der Waals surface area contributed by atoms with E-state index in [-0.39, 0.29) is 6.61 Å². The van der Waals surface area contributed by atoms with Gasteiger partial charge in [0.25, 0.3) is 0 Å². The fraction of sp³-hybridized carbons (Fsp3) is 1.00. The van der Waals surface area contributed by atoms with Crippen molar-refractivity contribution >= 4 is 15.9 Å². The second-order valence-electron chi connectivity index (χ2n) is 3.90. The number of rotatable bonds is 9. The molecule has 0 aromatic rings. The molecule has 0 aromatic carbocycles. The lowest BCUT2D eigenvalue weighted by Crippen LogP contribution is -2.17. The fourth-order valence-electron chi connectivity index (χ4n) is 1.39. The number of unbranched alkanes of at least 4 members (excludes halogenated alkanes) is 2. The van der Waals surface area contributed by atoms with Gasteiger partial charge in [-0.1, -0.05) is 42.1 Å². The highest BCUT2D eigenvalue weighted by atomic mass is 79.9. The second kappa shape index (κ2) is 9.28. The van der Waals surface area contributed by atoms with Crippen LogP contribution >= 0.6 is 15.9 Å². The summed E-state index contributed by atoms with van der Waals surface area (Å²) in [6.07, 6.45) is 1.90. The maximum Gasteiger partial charge on any atom is 0.411 e. The first-order chi connectivity index (χ1) is 7.45. The molecule has 0 saturated carbocycles. The number of hydrogen-bond acceptors (Lipinski definition) is 1. The maximum absolute atomic E-state index is 11.7. The third-order valence-electron chi connectivity index (χ3n) is 2.17. The Kier molecular flexibility index (Phi) is 9.41. The highest BCUT2D eigenvalue weighted by molar-refractivity contribution is 9.09. The van der Waals surface area contributed by atoms with Crippen molar-refractivity contribution in [3.8, 4) is 0 Å². The van der Waals surface area contributed by atoms with E-state index >= 15 is 0 Å². The van der Waals surface area contributed by atoms with Gasteiger partial charge < -0.3 is 4.74 Å². The maximum atomic E-state index is 11.7. The predicted octanol–water partition coefficient (Wildman–Crippen LogP) is 4.69. The lowest BCUT2D eigenvalue weighted by molar-refractivity contribution is -0.174. The molecule has 0 amide bonds. The molecule has 1 unspecified atom stereocenters. The third kappa shape index (κ3) is 12.3. The minimum atomic E-state index is -4.19. The Labute approximate surface area is 104 Å². The zero-order chi connectivity index (χ0) is 12.4. The Morgan fingerprint density at radius 3 is 2.38 bits per heavy atom. The molecule has 1 nitrogen and oxygen atoms in total. The Morgan fingerprint density at radius 2 is 1.81 bits per heavy atom. The number of alkyl halides is 4. The Hall–Kier alpha value is 0.230. The summed E-state index contributed by atoms with van der Waals surface area (Å²) in [4.78, 5) is 0.550. The molecular weight excluding hydrogens is 285 g/mol. The molecule has 5 heteroatoms.